The Hall–Kier alpha value is -3.36. The molecule has 0 aliphatic rings. The van der Waals surface area contributed by atoms with Gasteiger partial charge in [0.1, 0.15) is 0 Å². The van der Waals surface area contributed by atoms with E-state index in [9.17, 15) is 18.0 Å². The average molecular weight is 458 g/mol. The van der Waals surface area contributed by atoms with Crippen LogP contribution in [-0.2, 0) is 10.0 Å². The van der Waals surface area contributed by atoms with E-state index < -0.39 is 21.8 Å². The van der Waals surface area contributed by atoms with Gasteiger partial charge >= 0.3 is 0 Å². The van der Waals surface area contributed by atoms with Crippen LogP contribution in [-0.4, -0.2) is 20.2 Å². The van der Waals surface area contributed by atoms with Crippen molar-refractivity contribution in [2.24, 2.45) is 0 Å². The van der Waals surface area contributed by atoms with Crippen molar-refractivity contribution in [2.45, 2.75) is 18.7 Å². The molecule has 7 nitrogen and oxygen atoms in total. The minimum Gasteiger partial charge on any atom is -0.280 e. The van der Waals surface area contributed by atoms with Crippen molar-refractivity contribution in [1.29, 1.82) is 0 Å². The number of carbonyl (C=O) groups excluding carboxylic acids is 2. The summed E-state index contributed by atoms with van der Waals surface area (Å²) in [4.78, 5) is 24.5. The second-order valence-corrected chi connectivity index (χ2v) is 8.97. The van der Waals surface area contributed by atoms with Crippen LogP contribution in [0.15, 0.2) is 71.6 Å². The Labute approximate surface area is 185 Å². The van der Waals surface area contributed by atoms with Gasteiger partial charge in [0.05, 0.1) is 4.90 Å². The molecule has 0 spiro atoms. The highest BCUT2D eigenvalue weighted by atomic mass is 35.5. The summed E-state index contributed by atoms with van der Waals surface area (Å²) in [5.41, 5.74) is 7.30. The molecule has 0 radical (unpaired) electrons. The van der Waals surface area contributed by atoms with Crippen LogP contribution in [0, 0.1) is 13.8 Å². The Morgan fingerprint density at radius 2 is 1.42 bits per heavy atom. The van der Waals surface area contributed by atoms with Gasteiger partial charge in [-0.2, -0.15) is 0 Å². The van der Waals surface area contributed by atoms with E-state index >= 15 is 0 Å². The van der Waals surface area contributed by atoms with Crippen LogP contribution in [0.5, 0.6) is 0 Å². The van der Waals surface area contributed by atoms with Crippen LogP contribution in [0.2, 0.25) is 5.02 Å². The van der Waals surface area contributed by atoms with Crippen molar-refractivity contribution >= 4 is 39.1 Å². The number of carbonyl (C=O) groups is 2. The van der Waals surface area contributed by atoms with Gasteiger partial charge in [-0.05, 0) is 79.6 Å². The third-order valence-corrected chi connectivity index (χ3v) is 6.18. The number of nitrogens with one attached hydrogen (secondary N) is 3. The summed E-state index contributed by atoms with van der Waals surface area (Å²) in [5, 5.41) is 0.401. The van der Waals surface area contributed by atoms with Gasteiger partial charge in [-0.15, -0.1) is 0 Å². The second-order valence-electron chi connectivity index (χ2n) is 6.85. The van der Waals surface area contributed by atoms with E-state index in [0.29, 0.717) is 16.3 Å². The predicted molar refractivity (Wildman–Crippen MR) is 120 cm³/mol. The minimum absolute atomic E-state index is 0.154. The Balaban J connectivity index is 1.63. The molecule has 0 heterocycles. The first kappa shape index (κ1) is 22.3. The van der Waals surface area contributed by atoms with E-state index in [1.165, 1.54) is 36.4 Å². The molecule has 3 aromatic rings. The minimum atomic E-state index is -3.76. The number of rotatable bonds is 5. The number of hydrogen-bond acceptors (Lipinski definition) is 4. The van der Waals surface area contributed by atoms with E-state index in [1.807, 2.05) is 13.8 Å². The third-order valence-electron chi connectivity index (χ3n) is 4.56. The third kappa shape index (κ3) is 5.62. The lowest BCUT2D eigenvalue weighted by atomic mass is 10.1. The lowest BCUT2D eigenvalue weighted by molar-refractivity contribution is 0.0846. The van der Waals surface area contributed by atoms with Crippen molar-refractivity contribution in [3.8, 4) is 0 Å². The summed E-state index contributed by atoms with van der Waals surface area (Å²) in [5.74, 6) is -1.08. The molecule has 0 atom stereocenters. The van der Waals surface area contributed by atoms with Crippen LogP contribution in [0.4, 0.5) is 5.69 Å². The fraction of sp³-hybridized carbons (Fsp3) is 0.0909. The quantitative estimate of drug-likeness (QED) is 0.506. The van der Waals surface area contributed by atoms with Gasteiger partial charge in [-0.1, -0.05) is 23.7 Å². The zero-order valence-corrected chi connectivity index (χ0v) is 18.3. The SMILES string of the molecule is Cc1ccc(S(=O)(=O)Nc2ccc(C(=O)NNC(=O)c3cccc(Cl)c3)cc2)cc1C. The van der Waals surface area contributed by atoms with E-state index in [-0.39, 0.29) is 10.5 Å². The predicted octanol–water partition coefficient (Wildman–Crippen LogP) is 3.83. The smallest absolute Gasteiger partial charge is 0.269 e. The molecular formula is C22H20ClN3O4S. The summed E-state index contributed by atoms with van der Waals surface area (Å²) in [6, 6.07) is 17.0. The fourth-order valence-corrected chi connectivity index (χ4v) is 4.01. The first-order valence-electron chi connectivity index (χ1n) is 9.22. The number of amides is 2. The van der Waals surface area contributed by atoms with Crippen LogP contribution in [0.25, 0.3) is 0 Å². The Bertz CT molecular complexity index is 1240. The summed E-state index contributed by atoms with van der Waals surface area (Å²) in [7, 11) is -3.76. The molecule has 0 aromatic heterocycles. The lowest BCUT2D eigenvalue weighted by Crippen LogP contribution is -2.41. The van der Waals surface area contributed by atoms with Gasteiger partial charge in [0.15, 0.2) is 0 Å². The molecule has 0 saturated carbocycles. The molecule has 0 fully saturated rings. The van der Waals surface area contributed by atoms with Crippen molar-refractivity contribution in [1.82, 2.24) is 10.9 Å². The van der Waals surface area contributed by atoms with E-state index in [4.69, 9.17) is 11.6 Å². The van der Waals surface area contributed by atoms with Gasteiger partial charge in [0.25, 0.3) is 21.8 Å². The molecule has 2 amide bonds. The number of sulfonamides is 1. The maximum atomic E-state index is 12.6. The number of halogens is 1. The maximum Gasteiger partial charge on any atom is 0.269 e. The summed E-state index contributed by atoms with van der Waals surface area (Å²) >= 11 is 5.85. The summed E-state index contributed by atoms with van der Waals surface area (Å²) in [6.07, 6.45) is 0. The number of anilines is 1. The zero-order chi connectivity index (χ0) is 22.6. The zero-order valence-electron chi connectivity index (χ0n) is 16.8. The van der Waals surface area contributed by atoms with Crippen LogP contribution in [0.1, 0.15) is 31.8 Å². The van der Waals surface area contributed by atoms with Gasteiger partial charge < -0.3 is 0 Å². The highest BCUT2D eigenvalue weighted by Crippen LogP contribution is 2.19. The second kappa shape index (κ2) is 9.20. The normalized spacial score (nSPS) is 10.9. The molecule has 0 aliphatic carbocycles. The summed E-state index contributed by atoms with van der Waals surface area (Å²) in [6.45, 7) is 3.74. The Kier molecular flexibility index (Phi) is 6.62. The molecule has 3 N–H and O–H groups in total. The molecule has 9 heteroatoms. The van der Waals surface area contributed by atoms with Crippen LogP contribution >= 0.6 is 11.6 Å². The first-order chi connectivity index (χ1) is 14.7. The average Bonchev–Trinajstić information content (AvgIpc) is 2.74. The van der Waals surface area contributed by atoms with Gasteiger partial charge in [0.2, 0.25) is 0 Å². The monoisotopic (exact) mass is 457 g/mol. The van der Waals surface area contributed by atoms with Crippen molar-refractivity contribution in [2.75, 3.05) is 4.72 Å². The largest absolute Gasteiger partial charge is 0.280 e. The van der Waals surface area contributed by atoms with Gasteiger partial charge in [0, 0.05) is 21.8 Å². The van der Waals surface area contributed by atoms with Gasteiger partial charge in [-0.25, -0.2) is 8.42 Å². The number of hydrogen-bond donors (Lipinski definition) is 3. The molecule has 3 rings (SSSR count). The first-order valence-corrected chi connectivity index (χ1v) is 11.1. The van der Waals surface area contributed by atoms with Crippen molar-refractivity contribution in [3.63, 3.8) is 0 Å². The Morgan fingerprint density at radius 1 is 0.774 bits per heavy atom. The van der Waals surface area contributed by atoms with E-state index in [1.54, 1.807) is 30.3 Å². The molecule has 0 unspecified atom stereocenters. The molecule has 0 aliphatic heterocycles. The topological polar surface area (TPSA) is 104 Å². The Morgan fingerprint density at radius 3 is 2.03 bits per heavy atom. The van der Waals surface area contributed by atoms with Crippen molar-refractivity contribution < 1.29 is 18.0 Å². The van der Waals surface area contributed by atoms with E-state index in [2.05, 4.69) is 15.6 Å². The van der Waals surface area contributed by atoms with E-state index in [0.717, 1.165) is 11.1 Å². The number of aryl methyl sites for hydroxylation is 2. The standard InChI is InChI=1S/C22H20ClN3O4S/c1-14-6-11-20(12-15(14)2)31(29,30)26-19-9-7-16(8-10-19)21(27)24-25-22(28)17-4-3-5-18(23)13-17/h3-13,26H,1-2H3,(H,24,27)(H,25,28). The molecule has 3 aromatic carbocycles. The lowest BCUT2D eigenvalue weighted by Gasteiger charge is -2.11. The van der Waals surface area contributed by atoms with Crippen LogP contribution < -0.4 is 15.6 Å². The molecular weight excluding hydrogens is 438 g/mol. The molecule has 0 saturated heterocycles. The van der Waals surface area contributed by atoms with Crippen molar-refractivity contribution in [3.05, 3.63) is 94.0 Å². The molecule has 0 bridgehead atoms. The fourth-order valence-electron chi connectivity index (χ4n) is 2.67. The maximum absolute atomic E-state index is 12.6. The molecule has 160 valence electrons. The summed E-state index contributed by atoms with van der Waals surface area (Å²) < 4.78 is 27.6. The number of hydrazine groups is 1. The molecule has 31 heavy (non-hydrogen) atoms. The highest BCUT2D eigenvalue weighted by molar-refractivity contribution is 7.92. The van der Waals surface area contributed by atoms with Gasteiger partial charge in [-0.3, -0.25) is 25.2 Å². The van der Waals surface area contributed by atoms with Crippen LogP contribution in [0.3, 0.4) is 0 Å². The highest BCUT2D eigenvalue weighted by Gasteiger charge is 2.15. The number of benzene rings is 3.